The topological polar surface area (TPSA) is 41.0 Å². The van der Waals surface area contributed by atoms with Crippen molar-refractivity contribution in [1.82, 2.24) is 9.97 Å². The van der Waals surface area contributed by atoms with Crippen molar-refractivity contribution in [3.8, 4) is 0 Å². The molecule has 3 aromatic rings. The number of rotatable bonds is 4. The average molecular weight is 317 g/mol. The van der Waals surface area contributed by atoms with Gasteiger partial charge in [0, 0.05) is 40.2 Å². The first-order valence-electron chi connectivity index (χ1n) is 7.48. The monoisotopic (exact) mass is 317 g/mol. The molecule has 0 radical (unpaired) electrons. The van der Waals surface area contributed by atoms with E-state index in [2.05, 4.69) is 57.5 Å². The molecule has 0 atom stereocenters. The summed E-state index contributed by atoms with van der Waals surface area (Å²) in [5.41, 5.74) is 7.23. The molecule has 1 aliphatic rings. The molecule has 0 unspecified atom stereocenters. The van der Waals surface area contributed by atoms with Crippen LogP contribution in [0.15, 0.2) is 58.0 Å². The van der Waals surface area contributed by atoms with E-state index in [0.717, 1.165) is 29.0 Å². The van der Waals surface area contributed by atoms with Gasteiger partial charge in [0.05, 0.1) is 16.9 Å². The average Bonchev–Trinajstić information content (AvgIpc) is 3.31. The Balaban J connectivity index is 1.76. The minimum absolute atomic E-state index is 0.920. The SMILES string of the molecule is C1=NC(/C=C/c2[nH]c3ccccc3c2/C=C/c2cscn2)=CC1. The molecule has 0 fully saturated rings. The number of fused-ring (bicyclic) bond motifs is 1. The summed E-state index contributed by atoms with van der Waals surface area (Å²) >= 11 is 1.60. The van der Waals surface area contributed by atoms with Crippen molar-refractivity contribution in [2.45, 2.75) is 6.42 Å². The lowest BCUT2D eigenvalue weighted by Gasteiger charge is -1.94. The molecule has 0 spiro atoms. The molecular formula is C19H15N3S. The van der Waals surface area contributed by atoms with Crippen LogP contribution in [0.1, 0.15) is 23.4 Å². The van der Waals surface area contributed by atoms with Crippen molar-refractivity contribution >= 4 is 46.7 Å². The van der Waals surface area contributed by atoms with E-state index in [-0.39, 0.29) is 0 Å². The summed E-state index contributed by atoms with van der Waals surface area (Å²) in [7, 11) is 0. The molecular weight excluding hydrogens is 302 g/mol. The fraction of sp³-hybridized carbons (Fsp3) is 0.0526. The van der Waals surface area contributed by atoms with Gasteiger partial charge < -0.3 is 4.98 Å². The molecule has 4 rings (SSSR count). The molecule has 23 heavy (non-hydrogen) atoms. The number of benzene rings is 1. The normalized spacial score (nSPS) is 14.5. The van der Waals surface area contributed by atoms with Crippen LogP contribution in [-0.4, -0.2) is 16.2 Å². The van der Waals surface area contributed by atoms with Gasteiger partial charge in [-0.2, -0.15) is 0 Å². The first-order valence-corrected chi connectivity index (χ1v) is 8.42. The number of nitrogens with one attached hydrogen (secondary N) is 1. The maximum Gasteiger partial charge on any atom is 0.0798 e. The van der Waals surface area contributed by atoms with E-state index in [0.29, 0.717) is 0 Å². The summed E-state index contributed by atoms with van der Waals surface area (Å²) in [5, 5.41) is 3.25. The zero-order chi connectivity index (χ0) is 15.5. The smallest absolute Gasteiger partial charge is 0.0798 e. The number of allylic oxidation sites excluding steroid dienone is 2. The molecule has 0 aliphatic carbocycles. The highest BCUT2D eigenvalue weighted by Gasteiger charge is 2.07. The Hall–Kier alpha value is -2.72. The number of H-pyrrole nitrogens is 1. The highest BCUT2D eigenvalue weighted by Crippen LogP contribution is 2.26. The largest absolute Gasteiger partial charge is 0.355 e. The van der Waals surface area contributed by atoms with Crippen molar-refractivity contribution in [3.63, 3.8) is 0 Å². The van der Waals surface area contributed by atoms with Crippen LogP contribution in [0, 0.1) is 0 Å². The van der Waals surface area contributed by atoms with E-state index < -0.39 is 0 Å². The van der Waals surface area contributed by atoms with Crippen molar-refractivity contribution in [2.75, 3.05) is 0 Å². The number of para-hydroxylation sites is 1. The molecule has 0 saturated heterocycles. The number of nitrogens with zero attached hydrogens (tertiary/aromatic N) is 2. The van der Waals surface area contributed by atoms with Crippen molar-refractivity contribution in [1.29, 1.82) is 0 Å². The second kappa shape index (κ2) is 6.18. The Morgan fingerprint density at radius 2 is 2.04 bits per heavy atom. The number of aliphatic imine (C=N–C) groups is 1. The number of hydrogen-bond donors (Lipinski definition) is 1. The molecule has 0 amide bonds. The molecule has 0 saturated carbocycles. The lowest BCUT2D eigenvalue weighted by atomic mass is 10.1. The third-order valence-electron chi connectivity index (χ3n) is 3.74. The lowest BCUT2D eigenvalue weighted by Crippen LogP contribution is -1.77. The first-order chi connectivity index (χ1) is 11.4. The van der Waals surface area contributed by atoms with Gasteiger partial charge in [-0.1, -0.05) is 30.4 Å². The molecule has 4 heteroatoms. The Labute approximate surface area is 138 Å². The maximum atomic E-state index is 4.33. The number of aromatic nitrogens is 2. The predicted octanol–water partition coefficient (Wildman–Crippen LogP) is 5.17. The summed E-state index contributed by atoms with van der Waals surface area (Å²) < 4.78 is 0. The standard InChI is InChI=1S/C19H15N3S/c1-2-6-18-16(5-1)17(9-7-15-12-23-13-21-15)19(22-18)10-8-14-4-3-11-20-14/h1-2,4-13,22H,3H2/b9-7+,10-8+. The Bertz CT molecular complexity index is 940. The van der Waals surface area contributed by atoms with Gasteiger partial charge in [0.15, 0.2) is 0 Å². The fourth-order valence-electron chi connectivity index (χ4n) is 2.63. The fourth-order valence-corrected chi connectivity index (χ4v) is 3.15. The van der Waals surface area contributed by atoms with Gasteiger partial charge in [-0.05, 0) is 24.3 Å². The van der Waals surface area contributed by atoms with Crippen molar-refractivity contribution in [2.24, 2.45) is 4.99 Å². The predicted molar refractivity (Wildman–Crippen MR) is 99.6 cm³/mol. The molecule has 112 valence electrons. The summed E-state index contributed by atoms with van der Waals surface area (Å²) in [4.78, 5) is 12.1. The third kappa shape index (κ3) is 2.94. The van der Waals surface area contributed by atoms with Crippen LogP contribution in [0.4, 0.5) is 0 Å². The second-order valence-corrected chi connectivity index (χ2v) is 5.97. The lowest BCUT2D eigenvalue weighted by molar-refractivity contribution is 1.38. The molecule has 1 aliphatic heterocycles. The van der Waals surface area contributed by atoms with Crippen molar-refractivity contribution in [3.05, 3.63) is 70.0 Å². The zero-order valence-corrected chi connectivity index (χ0v) is 13.3. The number of hydrogen-bond acceptors (Lipinski definition) is 3. The van der Waals surface area contributed by atoms with Gasteiger partial charge in [-0.25, -0.2) is 4.98 Å². The van der Waals surface area contributed by atoms with E-state index in [1.165, 1.54) is 10.9 Å². The van der Waals surface area contributed by atoms with Gasteiger partial charge >= 0.3 is 0 Å². The minimum atomic E-state index is 0.920. The van der Waals surface area contributed by atoms with Gasteiger partial charge in [-0.15, -0.1) is 11.3 Å². The highest BCUT2D eigenvalue weighted by atomic mass is 32.1. The second-order valence-electron chi connectivity index (χ2n) is 5.25. The molecule has 3 heterocycles. The van der Waals surface area contributed by atoms with E-state index in [4.69, 9.17) is 0 Å². The molecule has 0 bridgehead atoms. The first kappa shape index (κ1) is 13.9. The zero-order valence-electron chi connectivity index (χ0n) is 12.4. The van der Waals surface area contributed by atoms with E-state index in [1.54, 1.807) is 11.3 Å². The van der Waals surface area contributed by atoms with Crippen LogP contribution in [0.2, 0.25) is 0 Å². The van der Waals surface area contributed by atoms with Gasteiger partial charge in [0.2, 0.25) is 0 Å². The van der Waals surface area contributed by atoms with E-state index in [9.17, 15) is 0 Å². The summed E-state index contributed by atoms with van der Waals surface area (Å²) in [5.74, 6) is 0. The minimum Gasteiger partial charge on any atom is -0.355 e. The van der Waals surface area contributed by atoms with Crippen LogP contribution < -0.4 is 0 Å². The molecule has 1 N–H and O–H groups in total. The van der Waals surface area contributed by atoms with E-state index >= 15 is 0 Å². The van der Waals surface area contributed by atoms with Gasteiger partial charge in [0.25, 0.3) is 0 Å². The number of thiazole rings is 1. The van der Waals surface area contributed by atoms with Crippen LogP contribution in [0.5, 0.6) is 0 Å². The summed E-state index contributed by atoms with van der Waals surface area (Å²) in [6.07, 6.45) is 13.3. The van der Waals surface area contributed by atoms with Gasteiger partial charge in [-0.3, -0.25) is 4.99 Å². The van der Waals surface area contributed by atoms with Crippen molar-refractivity contribution < 1.29 is 0 Å². The third-order valence-corrected chi connectivity index (χ3v) is 4.35. The molecule has 3 nitrogen and oxygen atoms in total. The number of aromatic amines is 1. The van der Waals surface area contributed by atoms with Gasteiger partial charge in [0.1, 0.15) is 0 Å². The Kier molecular flexibility index (Phi) is 3.74. The summed E-state index contributed by atoms with van der Waals surface area (Å²) in [6, 6.07) is 8.34. The van der Waals surface area contributed by atoms with Crippen LogP contribution >= 0.6 is 11.3 Å². The quantitative estimate of drug-likeness (QED) is 0.709. The van der Waals surface area contributed by atoms with Crippen LogP contribution in [0.25, 0.3) is 29.1 Å². The van der Waals surface area contributed by atoms with Crippen LogP contribution in [-0.2, 0) is 0 Å². The maximum absolute atomic E-state index is 4.33. The Morgan fingerprint density at radius 3 is 2.87 bits per heavy atom. The molecule has 2 aromatic heterocycles. The van der Waals surface area contributed by atoms with Crippen LogP contribution in [0.3, 0.4) is 0 Å². The van der Waals surface area contributed by atoms with E-state index in [1.807, 2.05) is 29.2 Å². The summed E-state index contributed by atoms with van der Waals surface area (Å²) in [6.45, 7) is 0. The highest BCUT2D eigenvalue weighted by molar-refractivity contribution is 7.07. The Morgan fingerprint density at radius 1 is 1.09 bits per heavy atom. The molecule has 1 aromatic carbocycles.